The van der Waals surface area contributed by atoms with E-state index in [1.165, 1.54) is 75.5 Å². The minimum Gasteiger partial charge on any atom is -0.309 e. The third kappa shape index (κ3) is 3.86. The van der Waals surface area contributed by atoms with Crippen molar-refractivity contribution in [2.24, 2.45) is 0 Å². The molecule has 0 unspecified atom stereocenters. The molecule has 228 valence electrons. The summed E-state index contributed by atoms with van der Waals surface area (Å²) in [4.78, 5) is 5.19. The average Bonchev–Trinajstić information content (AvgIpc) is 3.85. The van der Waals surface area contributed by atoms with Crippen molar-refractivity contribution in [3.05, 3.63) is 164 Å². The van der Waals surface area contributed by atoms with Crippen LogP contribution in [0.4, 0.5) is 0 Å². The van der Waals surface area contributed by atoms with E-state index in [2.05, 4.69) is 173 Å². The van der Waals surface area contributed by atoms with Crippen molar-refractivity contribution in [1.29, 1.82) is 0 Å². The zero-order chi connectivity index (χ0) is 32.1. The molecule has 4 heteroatoms. The van der Waals surface area contributed by atoms with E-state index in [1.54, 1.807) is 11.3 Å². The summed E-state index contributed by atoms with van der Waals surface area (Å²) < 4.78 is 6.03. The van der Waals surface area contributed by atoms with Crippen molar-refractivity contribution in [1.82, 2.24) is 14.1 Å². The van der Waals surface area contributed by atoms with Gasteiger partial charge in [0.05, 0.1) is 32.3 Å². The Morgan fingerprint density at radius 3 is 1.67 bits per heavy atom. The number of aromatic nitrogens is 3. The second kappa shape index (κ2) is 10.1. The van der Waals surface area contributed by atoms with Crippen LogP contribution >= 0.6 is 11.3 Å². The molecule has 0 radical (unpaired) electrons. The zero-order valence-electron chi connectivity index (χ0n) is 26.3. The van der Waals surface area contributed by atoms with Crippen molar-refractivity contribution < 1.29 is 0 Å². The lowest BCUT2D eigenvalue weighted by Crippen LogP contribution is -1.96. The van der Waals surface area contributed by atoms with Gasteiger partial charge < -0.3 is 9.13 Å². The first-order valence-electron chi connectivity index (χ1n) is 16.6. The van der Waals surface area contributed by atoms with Gasteiger partial charge in [-0.15, -0.1) is 11.3 Å². The van der Waals surface area contributed by atoms with E-state index in [4.69, 9.17) is 4.98 Å². The summed E-state index contributed by atoms with van der Waals surface area (Å²) in [5, 5.41) is 11.0. The Hall–Kier alpha value is -6.23. The van der Waals surface area contributed by atoms with Crippen LogP contribution in [0.1, 0.15) is 0 Å². The van der Waals surface area contributed by atoms with Crippen LogP contribution in [0.3, 0.4) is 0 Å². The number of hydrogen-bond acceptors (Lipinski definition) is 2. The van der Waals surface area contributed by atoms with Gasteiger partial charge in [0.2, 0.25) is 0 Å². The summed E-state index contributed by atoms with van der Waals surface area (Å²) >= 11 is 1.76. The first-order valence-corrected chi connectivity index (χ1v) is 17.5. The SMILES string of the molecule is c1ccc(-c2nc3c(ccc4ccc5cc(-n6c7ccccc7c7cc(-n8c9ccccc9c9ccccc98)ccc76)ccc5c43)s2)cc1. The molecule has 0 atom stereocenters. The lowest BCUT2D eigenvalue weighted by molar-refractivity contribution is 1.17. The highest BCUT2D eigenvalue weighted by Gasteiger charge is 2.17. The highest BCUT2D eigenvalue weighted by Crippen LogP contribution is 2.40. The van der Waals surface area contributed by atoms with Crippen molar-refractivity contribution in [2.75, 3.05) is 0 Å². The summed E-state index contributed by atoms with van der Waals surface area (Å²) in [6.07, 6.45) is 0. The van der Waals surface area contributed by atoms with Gasteiger partial charge in [0.15, 0.2) is 0 Å². The number of thiazole rings is 1. The summed E-state index contributed by atoms with van der Waals surface area (Å²) in [6, 6.07) is 59.5. The molecule has 0 amide bonds. The van der Waals surface area contributed by atoms with E-state index in [1.807, 2.05) is 0 Å². The van der Waals surface area contributed by atoms with Gasteiger partial charge in [-0.3, -0.25) is 0 Å². The molecule has 8 aromatic carbocycles. The molecular weight excluding hydrogens is 615 g/mol. The quantitative estimate of drug-likeness (QED) is 0.176. The number of para-hydroxylation sites is 3. The zero-order valence-corrected chi connectivity index (χ0v) is 27.2. The highest BCUT2D eigenvalue weighted by atomic mass is 32.1. The maximum absolute atomic E-state index is 5.19. The van der Waals surface area contributed by atoms with Gasteiger partial charge in [-0.25, -0.2) is 4.98 Å². The minimum absolute atomic E-state index is 1.06. The molecule has 0 bridgehead atoms. The fourth-order valence-electron chi connectivity index (χ4n) is 7.95. The molecule has 0 saturated carbocycles. The Morgan fingerprint density at radius 2 is 0.959 bits per heavy atom. The first kappa shape index (κ1) is 26.8. The topological polar surface area (TPSA) is 22.8 Å². The lowest BCUT2D eigenvalue weighted by atomic mass is 10.0. The fourth-order valence-corrected chi connectivity index (χ4v) is 8.93. The van der Waals surface area contributed by atoms with Crippen molar-refractivity contribution >= 4 is 86.7 Å². The van der Waals surface area contributed by atoms with Gasteiger partial charge in [-0.1, -0.05) is 109 Å². The largest absolute Gasteiger partial charge is 0.309 e. The predicted molar refractivity (Wildman–Crippen MR) is 209 cm³/mol. The maximum Gasteiger partial charge on any atom is 0.124 e. The van der Waals surface area contributed by atoms with E-state index in [-0.39, 0.29) is 0 Å². The second-order valence-electron chi connectivity index (χ2n) is 12.8. The van der Waals surface area contributed by atoms with Crippen LogP contribution in [-0.2, 0) is 0 Å². The first-order chi connectivity index (χ1) is 24.3. The van der Waals surface area contributed by atoms with Gasteiger partial charge in [0.25, 0.3) is 0 Å². The van der Waals surface area contributed by atoms with Gasteiger partial charge in [-0.2, -0.15) is 0 Å². The number of benzene rings is 8. The van der Waals surface area contributed by atoms with E-state index in [0.29, 0.717) is 0 Å². The normalized spacial score (nSPS) is 12.1. The average molecular weight is 642 g/mol. The molecule has 11 rings (SSSR count). The maximum atomic E-state index is 5.19. The van der Waals surface area contributed by atoms with Crippen LogP contribution < -0.4 is 0 Å². The van der Waals surface area contributed by atoms with Crippen LogP contribution in [0.25, 0.3) is 97.3 Å². The standard InChI is InChI=1S/C45H27N3S/c1-2-10-29(11-3-1)45-46-44-42(49-45)25-20-28-18-19-30-26-31(21-23-33(30)43(28)44)47-40-17-9-6-14-36(40)37-27-32(22-24-41(37)47)48-38-15-7-4-12-34(38)35-13-5-8-16-39(35)48/h1-27H. The summed E-state index contributed by atoms with van der Waals surface area (Å²) in [5.74, 6) is 0. The fraction of sp³-hybridized carbons (Fsp3) is 0. The molecule has 49 heavy (non-hydrogen) atoms. The van der Waals surface area contributed by atoms with Gasteiger partial charge >= 0.3 is 0 Å². The van der Waals surface area contributed by atoms with Crippen molar-refractivity contribution in [2.45, 2.75) is 0 Å². The summed E-state index contributed by atoms with van der Waals surface area (Å²) in [6.45, 7) is 0. The van der Waals surface area contributed by atoms with E-state index >= 15 is 0 Å². The number of nitrogens with zero attached hydrogens (tertiary/aromatic N) is 3. The van der Waals surface area contributed by atoms with Crippen LogP contribution in [0.2, 0.25) is 0 Å². The Kier molecular flexibility index (Phi) is 5.54. The molecule has 3 heterocycles. The number of fused-ring (bicyclic) bond motifs is 11. The molecule has 0 N–H and O–H groups in total. The van der Waals surface area contributed by atoms with Crippen LogP contribution in [0.5, 0.6) is 0 Å². The molecule has 3 nitrogen and oxygen atoms in total. The van der Waals surface area contributed by atoms with Crippen molar-refractivity contribution in [3.8, 4) is 21.9 Å². The second-order valence-corrected chi connectivity index (χ2v) is 13.8. The van der Waals surface area contributed by atoms with Crippen LogP contribution in [0, 0.1) is 0 Å². The molecule has 0 spiro atoms. The molecule has 3 aromatic heterocycles. The van der Waals surface area contributed by atoms with Crippen molar-refractivity contribution in [3.63, 3.8) is 0 Å². The minimum atomic E-state index is 1.06. The number of rotatable bonds is 3. The Bertz CT molecular complexity index is 3050. The smallest absolute Gasteiger partial charge is 0.124 e. The third-order valence-electron chi connectivity index (χ3n) is 10.1. The van der Waals surface area contributed by atoms with Gasteiger partial charge in [0.1, 0.15) is 5.01 Å². The predicted octanol–water partition coefficient (Wildman–Crippen LogP) is 12.5. The Morgan fingerprint density at radius 1 is 0.408 bits per heavy atom. The molecular formula is C45H27N3S. The number of hydrogen-bond donors (Lipinski definition) is 0. The molecule has 0 aliphatic heterocycles. The van der Waals surface area contributed by atoms with Gasteiger partial charge in [0, 0.05) is 43.9 Å². The molecule has 0 fully saturated rings. The molecule has 0 saturated heterocycles. The van der Waals surface area contributed by atoms with E-state index < -0.39 is 0 Å². The monoisotopic (exact) mass is 641 g/mol. The summed E-state index contributed by atoms with van der Waals surface area (Å²) in [5.41, 5.74) is 9.39. The van der Waals surface area contributed by atoms with E-state index in [9.17, 15) is 0 Å². The third-order valence-corrected chi connectivity index (χ3v) is 11.2. The van der Waals surface area contributed by atoms with Gasteiger partial charge in [-0.05, 0) is 70.8 Å². The van der Waals surface area contributed by atoms with Crippen LogP contribution in [0.15, 0.2) is 164 Å². The molecule has 0 aliphatic rings. The van der Waals surface area contributed by atoms with E-state index in [0.717, 1.165) is 21.8 Å². The van der Waals surface area contributed by atoms with Crippen LogP contribution in [-0.4, -0.2) is 14.1 Å². The lowest BCUT2D eigenvalue weighted by Gasteiger charge is -2.12. The highest BCUT2D eigenvalue weighted by molar-refractivity contribution is 7.21. The Balaban J connectivity index is 1.12. The summed E-state index contributed by atoms with van der Waals surface area (Å²) in [7, 11) is 0. The Labute approximate surface area is 285 Å². The molecule has 0 aliphatic carbocycles. The molecule has 11 aromatic rings.